The molecule has 0 spiro atoms. The molecule has 2 unspecified atom stereocenters. The molecule has 2 nitrogen and oxygen atoms in total. The van der Waals surface area contributed by atoms with E-state index in [9.17, 15) is 10.5 Å². The lowest BCUT2D eigenvalue weighted by atomic mass is 9.75. The number of allylic oxidation sites excluding steroid dienone is 4. The Morgan fingerprint density at radius 1 is 0.731 bits per heavy atom. The second-order valence-corrected chi connectivity index (χ2v) is 8.40. The topological polar surface area (TPSA) is 47.6 Å². The van der Waals surface area contributed by atoms with Crippen molar-refractivity contribution >= 4 is 0 Å². The summed E-state index contributed by atoms with van der Waals surface area (Å²) in [6, 6.07) is 4.72. The molecule has 0 saturated heterocycles. The van der Waals surface area contributed by atoms with Crippen LogP contribution in [-0.2, 0) is 0 Å². The van der Waals surface area contributed by atoms with Gasteiger partial charge in [0.1, 0.15) is 0 Å². The molecule has 2 rings (SSSR count). The number of nitrogens with zero attached hydrogens (tertiary/aromatic N) is 2. The quantitative estimate of drug-likeness (QED) is 0.328. The maximum absolute atomic E-state index is 9.63. The zero-order chi connectivity index (χ0) is 18.8. The van der Waals surface area contributed by atoms with Crippen LogP contribution in [0.1, 0.15) is 90.9 Å². The van der Waals surface area contributed by atoms with Crippen molar-refractivity contribution < 1.29 is 0 Å². The standard InChI is InChI=1S/C24H36N2/c1-3-5-6-8-19-9-11-20(12-10-19)13-14-22-16-15-21(7-4-2)23(17-25)24(22)18-26/h15-16,19-22H,3-14H2,1-2H3. The third-order valence-electron chi connectivity index (χ3n) is 6.52. The maximum Gasteiger partial charge on any atom is 0.0964 e. The highest BCUT2D eigenvalue weighted by molar-refractivity contribution is 5.46. The molecule has 0 aromatic rings. The van der Waals surface area contributed by atoms with Gasteiger partial charge >= 0.3 is 0 Å². The Kier molecular flexibility index (Phi) is 8.97. The van der Waals surface area contributed by atoms with Crippen molar-refractivity contribution in [1.82, 2.24) is 0 Å². The largest absolute Gasteiger partial charge is 0.193 e. The predicted octanol–water partition coefficient (Wildman–Crippen LogP) is 7.10. The second-order valence-electron chi connectivity index (χ2n) is 8.40. The molecule has 0 aromatic heterocycles. The lowest BCUT2D eigenvalue weighted by Gasteiger charge is -2.30. The Hall–Kier alpha value is -1.54. The van der Waals surface area contributed by atoms with Crippen LogP contribution in [-0.4, -0.2) is 0 Å². The molecule has 0 radical (unpaired) electrons. The Morgan fingerprint density at radius 3 is 1.77 bits per heavy atom. The first-order chi connectivity index (χ1) is 12.7. The lowest BCUT2D eigenvalue weighted by molar-refractivity contribution is 0.243. The Labute approximate surface area is 161 Å². The molecule has 26 heavy (non-hydrogen) atoms. The van der Waals surface area contributed by atoms with Gasteiger partial charge in [0, 0.05) is 11.8 Å². The van der Waals surface area contributed by atoms with Crippen molar-refractivity contribution in [2.24, 2.45) is 23.7 Å². The van der Waals surface area contributed by atoms with Gasteiger partial charge < -0.3 is 0 Å². The van der Waals surface area contributed by atoms with Crippen LogP contribution in [0.4, 0.5) is 0 Å². The van der Waals surface area contributed by atoms with Gasteiger partial charge in [0.25, 0.3) is 0 Å². The van der Waals surface area contributed by atoms with Crippen LogP contribution in [0.5, 0.6) is 0 Å². The fourth-order valence-corrected chi connectivity index (χ4v) is 4.85. The molecule has 1 saturated carbocycles. The Bertz CT molecular complexity index is 564. The number of hydrogen-bond donors (Lipinski definition) is 0. The van der Waals surface area contributed by atoms with Gasteiger partial charge in [-0.2, -0.15) is 10.5 Å². The lowest BCUT2D eigenvalue weighted by Crippen LogP contribution is -2.18. The fourth-order valence-electron chi connectivity index (χ4n) is 4.85. The molecular weight excluding hydrogens is 316 g/mol. The minimum atomic E-state index is 0.162. The van der Waals surface area contributed by atoms with E-state index < -0.39 is 0 Å². The van der Waals surface area contributed by atoms with E-state index in [2.05, 4.69) is 38.1 Å². The zero-order valence-electron chi connectivity index (χ0n) is 16.8. The monoisotopic (exact) mass is 352 g/mol. The van der Waals surface area contributed by atoms with E-state index in [4.69, 9.17) is 0 Å². The maximum atomic E-state index is 9.63. The van der Waals surface area contributed by atoms with E-state index in [1.54, 1.807) is 0 Å². The number of hydrogen-bond acceptors (Lipinski definition) is 2. The molecule has 0 aliphatic heterocycles. The molecule has 2 atom stereocenters. The van der Waals surface area contributed by atoms with Gasteiger partial charge in [0.2, 0.25) is 0 Å². The number of unbranched alkanes of at least 4 members (excludes halogenated alkanes) is 2. The molecule has 2 heteroatoms. The molecule has 0 N–H and O–H groups in total. The summed E-state index contributed by atoms with van der Waals surface area (Å²) in [6.07, 6.45) is 19.7. The third kappa shape index (κ3) is 5.74. The molecule has 0 amide bonds. The molecule has 2 aliphatic carbocycles. The second kappa shape index (κ2) is 11.2. The smallest absolute Gasteiger partial charge is 0.0964 e. The first kappa shape index (κ1) is 20.8. The summed E-state index contributed by atoms with van der Waals surface area (Å²) < 4.78 is 0. The van der Waals surface area contributed by atoms with Crippen molar-refractivity contribution in [3.05, 3.63) is 23.3 Å². The van der Waals surface area contributed by atoms with E-state index in [1.165, 1.54) is 57.8 Å². The summed E-state index contributed by atoms with van der Waals surface area (Å²) in [5.41, 5.74) is 1.49. The fraction of sp³-hybridized carbons (Fsp3) is 0.750. The summed E-state index contributed by atoms with van der Waals surface area (Å²) in [7, 11) is 0. The van der Waals surface area contributed by atoms with Gasteiger partial charge in [-0.15, -0.1) is 0 Å². The van der Waals surface area contributed by atoms with Crippen molar-refractivity contribution in [2.45, 2.75) is 90.9 Å². The van der Waals surface area contributed by atoms with Gasteiger partial charge in [-0.1, -0.05) is 83.8 Å². The normalized spacial score (nSPS) is 28.6. The number of nitriles is 2. The van der Waals surface area contributed by atoms with Gasteiger partial charge in [0.05, 0.1) is 23.3 Å². The van der Waals surface area contributed by atoms with Crippen molar-refractivity contribution in [2.75, 3.05) is 0 Å². The van der Waals surface area contributed by atoms with Crippen molar-refractivity contribution in [3.63, 3.8) is 0 Å². The summed E-state index contributed by atoms with van der Waals surface area (Å²) in [5.74, 6) is 2.12. The van der Waals surface area contributed by atoms with Crippen LogP contribution in [0.2, 0.25) is 0 Å². The highest BCUT2D eigenvalue weighted by Gasteiger charge is 2.27. The molecule has 1 fully saturated rings. The van der Waals surface area contributed by atoms with Gasteiger partial charge in [-0.05, 0) is 31.1 Å². The minimum Gasteiger partial charge on any atom is -0.193 e. The molecular formula is C24H36N2. The first-order valence-electron chi connectivity index (χ1n) is 11.0. The van der Waals surface area contributed by atoms with Gasteiger partial charge in [-0.3, -0.25) is 0 Å². The highest BCUT2D eigenvalue weighted by Crippen LogP contribution is 2.38. The van der Waals surface area contributed by atoms with Crippen molar-refractivity contribution in [3.8, 4) is 12.1 Å². The average molecular weight is 353 g/mol. The summed E-state index contributed by atoms with van der Waals surface area (Å²) in [5, 5.41) is 19.2. The molecule has 2 aliphatic rings. The van der Waals surface area contributed by atoms with Crippen molar-refractivity contribution in [1.29, 1.82) is 10.5 Å². The summed E-state index contributed by atoms with van der Waals surface area (Å²) in [4.78, 5) is 0. The predicted molar refractivity (Wildman–Crippen MR) is 108 cm³/mol. The molecule has 0 bridgehead atoms. The van der Waals surface area contributed by atoms with Crippen LogP contribution in [0.15, 0.2) is 23.3 Å². The van der Waals surface area contributed by atoms with Crippen LogP contribution in [0.3, 0.4) is 0 Å². The summed E-state index contributed by atoms with van der Waals surface area (Å²) in [6.45, 7) is 4.42. The number of rotatable bonds is 9. The summed E-state index contributed by atoms with van der Waals surface area (Å²) >= 11 is 0. The SMILES string of the molecule is CCCCCC1CCC(CCC2C=CC(CCC)C(C#N)=C2C#N)CC1. The van der Waals surface area contributed by atoms with Crippen LogP contribution >= 0.6 is 0 Å². The van der Waals surface area contributed by atoms with Gasteiger partial charge in [0.15, 0.2) is 0 Å². The Morgan fingerprint density at radius 2 is 1.27 bits per heavy atom. The molecule has 142 valence electrons. The van der Waals surface area contributed by atoms with Crippen LogP contribution in [0.25, 0.3) is 0 Å². The Balaban J connectivity index is 1.83. The van der Waals surface area contributed by atoms with Crippen LogP contribution < -0.4 is 0 Å². The van der Waals surface area contributed by atoms with E-state index in [0.717, 1.165) is 42.2 Å². The molecule has 0 aromatic carbocycles. The zero-order valence-corrected chi connectivity index (χ0v) is 16.8. The van der Waals surface area contributed by atoms with Gasteiger partial charge in [-0.25, -0.2) is 0 Å². The first-order valence-corrected chi connectivity index (χ1v) is 11.0. The van der Waals surface area contributed by atoms with E-state index in [0.29, 0.717) is 0 Å². The van der Waals surface area contributed by atoms with E-state index in [1.807, 2.05) is 0 Å². The van der Waals surface area contributed by atoms with E-state index in [-0.39, 0.29) is 11.8 Å². The minimum absolute atomic E-state index is 0.162. The molecule has 0 heterocycles. The third-order valence-corrected chi connectivity index (χ3v) is 6.52. The average Bonchev–Trinajstić information content (AvgIpc) is 2.67. The highest BCUT2D eigenvalue weighted by atomic mass is 14.4. The van der Waals surface area contributed by atoms with Crippen LogP contribution in [0, 0.1) is 46.3 Å². The van der Waals surface area contributed by atoms with E-state index >= 15 is 0 Å².